The van der Waals surface area contributed by atoms with Crippen LogP contribution in [0.5, 0.6) is 0 Å². The van der Waals surface area contributed by atoms with Crippen LogP contribution in [0.15, 0.2) is 32.3 Å². The highest BCUT2D eigenvalue weighted by molar-refractivity contribution is 9.11. The van der Waals surface area contributed by atoms with Crippen LogP contribution in [-0.4, -0.2) is 8.42 Å². The predicted octanol–water partition coefficient (Wildman–Crippen LogP) is 4.41. The minimum Gasteiger partial charge on any atom is -0.276 e. The Kier molecular flexibility index (Phi) is 4.20. The first kappa shape index (κ1) is 14.8. The molecule has 1 heterocycles. The number of nitrogens with one attached hydrogen (secondary N) is 1. The maximum Gasteiger partial charge on any atom is 0.271 e. The molecular weight excluding hydrogens is 377 g/mol. The van der Waals surface area contributed by atoms with Crippen molar-refractivity contribution in [1.29, 1.82) is 0 Å². The Morgan fingerprint density at radius 2 is 2.05 bits per heavy atom. The molecule has 0 bridgehead atoms. The number of hydrogen-bond donors (Lipinski definition) is 1. The lowest BCUT2D eigenvalue weighted by atomic mass is 10.2. The van der Waals surface area contributed by atoms with Crippen molar-refractivity contribution >= 4 is 54.6 Å². The number of halogens is 3. The van der Waals surface area contributed by atoms with Gasteiger partial charge in [-0.3, -0.25) is 4.72 Å². The van der Waals surface area contributed by atoms with Gasteiger partial charge in [-0.2, -0.15) is 0 Å². The summed E-state index contributed by atoms with van der Waals surface area (Å²) in [7, 11) is -3.84. The van der Waals surface area contributed by atoms with Gasteiger partial charge in [0.05, 0.1) is 14.5 Å². The average Bonchev–Trinajstić information content (AvgIpc) is 2.65. The van der Waals surface area contributed by atoms with Crippen molar-refractivity contribution < 1.29 is 12.8 Å². The molecule has 0 spiro atoms. The normalized spacial score (nSPS) is 11.6. The van der Waals surface area contributed by atoms with Crippen molar-refractivity contribution in [1.82, 2.24) is 0 Å². The number of rotatable bonds is 3. The fourth-order valence-corrected chi connectivity index (χ4v) is 4.83. The van der Waals surface area contributed by atoms with E-state index in [0.29, 0.717) is 8.81 Å². The Morgan fingerprint density at radius 3 is 2.63 bits per heavy atom. The van der Waals surface area contributed by atoms with Crippen LogP contribution in [-0.2, 0) is 10.0 Å². The van der Waals surface area contributed by atoms with E-state index in [-0.39, 0.29) is 9.90 Å². The van der Waals surface area contributed by atoms with Crippen LogP contribution in [0.2, 0.25) is 5.02 Å². The zero-order valence-corrected chi connectivity index (χ0v) is 13.6. The monoisotopic (exact) mass is 383 g/mol. The van der Waals surface area contributed by atoms with Gasteiger partial charge in [-0.1, -0.05) is 17.7 Å². The smallest absolute Gasteiger partial charge is 0.271 e. The molecule has 0 fully saturated rings. The minimum atomic E-state index is -3.84. The van der Waals surface area contributed by atoms with Crippen molar-refractivity contribution in [3.63, 3.8) is 0 Å². The van der Waals surface area contributed by atoms with E-state index in [1.807, 2.05) is 0 Å². The molecule has 0 aliphatic rings. The van der Waals surface area contributed by atoms with Crippen LogP contribution < -0.4 is 4.72 Å². The van der Waals surface area contributed by atoms with Gasteiger partial charge in [0.1, 0.15) is 10.0 Å². The quantitative estimate of drug-likeness (QED) is 0.852. The largest absolute Gasteiger partial charge is 0.276 e. The molecule has 0 saturated heterocycles. The van der Waals surface area contributed by atoms with Crippen LogP contribution in [0.4, 0.5) is 10.1 Å². The van der Waals surface area contributed by atoms with Crippen LogP contribution >= 0.6 is 38.9 Å². The zero-order chi connectivity index (χ0) is 14.2. The van der Waals surface area contributed by atoms with Gasteiger partial charge in [-0.05, 0) is 46.6 Å². The second kappa shape index (κ2) is 5.40. The number of benzene rings is 1. The number of aryl methyl sites for hydroxylation is 1. The van der Waals surface area contributed by atoms with Crippen LogP contribution in [0.25, 0.3) is 0 Å². The number of sulfonamides is 1. The molecule has 2 aromatic rings. The molecule has 0 amide bonds. The van der Waals surface area contributed by atoms with E-state index in [2.05, 4.69) is 20.7 Å². The van der Waals surface area contributed by atoms with E-state index in [4.69, 9.17) is 11.6 Å². The summed E-state index contributed by atoms with van der Waals surface area (Å²) in [4.78, 5) is 0. The lowest BCUT2D eigenvalue weighted by molar-refractivity contribution is 0.600. The summed E-state index contributed by atoms with van der Waals surface area (Å²) in [5, 5.41) is 0.301. The first-order valence-electron chi connectivity index (χ1n) is 5.03. The molecule has 8 heteroatoms. The Bertz CT molecular complexity index is 711. The Hall–Kier alpha value is -0.630. The second-order valence-corrected chi connectivity index (χ2v) is 8.46. The third-order valence-electron chi connectivity index (χ3n) is 2.25. The summed E-state index contributed by atoms with van der Waals surface area (Å²) in [6.07, 6.45) is 0. The number of anilines is 1. The summed E-state index contributed by atoms with van der Waals surface area (Å²) in [6, 6.07) is 5.51. The van der Waals surface area contributed by atoms with E-state index >= 15 is 0 Å². The summed E-state index contributed by atoms with van der Waals surface area (Å²) < 4.78 is 40.5. The second-order valence-electron chi connectivity index (χ2n) is 3.78. The van der Waals surface area contributed by atoms with Gasteiger partial charge in [-0.25, -0.2) is 12.8 Å². The lowest BCUT2D eigenvalue weighted by Gasteiger charge is -2.07. The van der Waals surface area contributed by atoms with Crippen molar-refractivity contribution in [2.45, 2.75) is 11.1 Å². The molecule has 0 unspecified atom stereocenters. The topological polar surface area (TPSA) is 46.2 Å². The van der Waals surface area contributed by atoms with E-state index in [0.717, 1.165) is 16.9 Å². The Balaban J connectivity index is 2.39. The van der Waals surface area contributed by atoms with Crippen LogP contribution in [0, 0.1) is 12.7 Å². The fraction of sp³-hybridized carbons (Fsp3) is 0.0909. The average molecular weight is 385 g/mol. The molecule has 3 nitrogen and oxygen atoms in total. The minimum absolute atomic E-state index is 0.0188. The highest BCUT2D eigenvalue weighted by Gasteiger charge is 2.20. The molecule has 0 saturated carbocycles. The van der Waals surface area contributed by atoms with Gasteiger partial charge in [0.2, 0.25) is 0 Å². The van der Waals surface area contributed by atoms with Gasteiger partial charge in [0.25, 0.3) is 10.0 Å². The van der Waals surface area contributed by atoms with Crippen molar-refractivity contribution in [3.8, 4) is 0 Å². The van der Waals surface area contributed by atoms with E-state index < -0.39 is 15.8 Å². The van der Waals surface area contributed by atoms with Gasteiger partial charge in [-0.15, -0.1) is 11.3 Å². The molecule has 0 atom stereocenters. The fourth-order valence-electron chi connectivity index (χ4n) is 1.37. The third-order valence-corrected chi connectivity index (χ3v) is 6.57. The predicted molar refractivity (Wildman–Crippen MR) is 79.0 cm³/mol. The number of thiophene rings is 1. The Morgan fingerprint density at radius 1 is 1.37 bits per heavy atom. The van der Waals surface area contributed by atoms with Gasteiger partial charge < -0.3 is 0 Å². The number of hydrogen-bond acceptors (Lipinski definition) is 3. The molecule has 2 rings (SSSR count). The summed E-state index contributed by atoms with van der Waals surface area (Å²) >= 11 is 9.89. The van der Waals surface area contributed by atoms with E-state index in [9.17, 15) is 12.8 Å². The van der Waals surface area contributed by atoms with Gasteiger partial charge >= 0.3 is 0 Å². The molecule has 1 N–H and O–H groups in total. The lowest BCUT2D eigenvalue weighted by Crippen LogP contribution is -2.12. The van der Waals surface area contributed by atoms with E-state index in [1.54, 1.807) is 13.0 Å². The molecule has 19 heavy (non-hydrogen) atoms. The van der Waals surface area contributed by atoms with Gasteiger partial charge in [0, 0.05) is 0 Å². The van der Waals surface area contributed by atoms with Crippen LogP contribution in [0.1, 0.15) is 5.56 Å². The maximum absolute atomic E-state index is 13.5. The van der Waals surface area contributed by atoms with Crippen molar-refractivity contribution in [2.24, 2.45) is 0 Å². The highest BCUT2D eigenvalue weighted by Crippen LogP contribution is 2.35. The van der Waals surface area contributed by atoms with E-state index in [1.165, 1.54) is 18.2 Å². The van der Waals surface area contributed by atoms with Gasteiger partial charge in [0.15, 0.2) is 0 Å². The molecular formula is C11H8BrClFNO2S2. The summed E-state index contributed by atoms with van der Waals surface area (Å²) in [5.74, 6) is -0.629. The molecule has 0 radical (unpaired) electrons. The van der Waals surface area contributed by atoms with Crippen molar-refractivity contribution in [2.75, 3.05) is 4.72 Å². The highest BCUT2D eigenvalue weighted by atomic mass is 79.9. The summed E-state index contributed by atoms with van der Waals surface area (Å²) in [6.45, 7) is 1.75. The first-order chi connectivity index (χ1) is 8.79. The molecule has 1 aromatic carbocycles. The Labute approximate surface area is 127 Å². The molecule has 1 aromatic heterocycles. The molecule has 102 valence electrons. The first-order valence-corrected chi connectivity index (χ1v) is 8.50. The summed E-state index contributed by atoms with van der Waals surface area (Å²) in [5.41, 5.74) is 0.671. The third kappa shape index (κ3) is 3.28. The SMILES string of the molecule is Cc1ccc(F)c(NS(=O)(=O)c2cc(Cl)c(Br)s2)c1. The molecule has 0 aliphatic carbocycles. The standard InChI is InChI=1S/C11H8BrClFNO2S2/c1-6-2-3-8(14)9(4-6)15-19(16,17)10-5-7(13)11(12)18-10/h2-5,15H,1H3. The van der Waals surface area contributed by atoms with Crippen molar-refractivity contribution in [3.05, 3.63) is 44.5 Å². The maximum atomic E-state index is 13.5. The molecule has 0 aliphatic heterocycles. The van der Waals surface area contributed by atoms with Crippen LogP contribution in [0.3, 0.4) is 0 Å². The zero-order valence-electron chi connectivity index (χ0n) is 9.58.